The van der Waals surface area contributed by atoms with E-state index in [0.29, 0.717) is 12.0 Å². The Morgan fingerprint density at radius 1 is 1.62 bits per heavy atom. The lowest BCUT2D eigenvalue weighted by atomic mass is 9.99. The number of nitriles is 1. The lowest BCUT2D eigenvalue weighted by Gasteiger charge is -2.21. The number of carbonyl (C=O) groups excluding carboxylic acids is 1. The molecular formula is C9H13N3O. The monoisotopic (exact) mass is 179 g/mol. The molecule has 0 aromatic heterocycles. The van der Waals surface area contributed by atoms with E-state index in [-0.39, 0.29) is 18.5 Å². The van der Waals surface area contributed by atoms with E-state index in [1.807, 2.05) is 6.07 Å². The molecule has 3 atom stereocenters. The van der Waals surface area contributed by atoms with Gasteiger partial charge in [0.25, 0.3) is 0 Å². The maximum absolute atomic E-state index is 11.5. The molecule has 70 valence electrons. The van der Waals surface area contributed by atoms with Crippen LogP contribution in [0.3, 0.4) is 0 Å². The van der Waals surface area contributed by atoms with E-state index in [1.54, 1.807) is 0 Å². The zero-order valence-corrected chi connectivity index (χ0v) is 7.42. The van der Waals surface area contributed by atoms with E-state index in [0.717, 1.165) is 12.8 Å². The fourth-order valence-corrected chi connectivity index (χ4v) is 2.39. The van der Waals surface area contributed by atoms with Gasteiger partial charge in [0, 0.05) is 6.04 Å². The number of rotatable bonds is 2. The molecular weight excluding hydrogens is 166 g/mol. The molecule has 4 heteroatoms. The van der Waals surface area contributed by atoms with Gasteiger partial charge in [0.15, 0.2) is 0 Å². The molecule has 0 spiro atoms. The molecule has 2 N–H and O–H groups in total. The van der Waals surface area contributed by atoms with E-state index >= 15 is 0 Å². The predicted molar refractivity (Wildman–Crippen MR) is 46.7 cm³/mol. The third-order valence-corrected chi connectivity index (χ3v) is 2.98. The number of hydrogen-bond acceptors (Lipinski definition) is 3. The second-order valence-electron chi connectivity index (χ2n) is 3.79. The standard InChI is InChI=1S/C9H13N3O/c10-3-4-11-9(13)8-6-1-2-7(5-6)12-8/h6-8,12H,1-2,4-5H2,(H,11,13)/t6?,7?,8-/m0/s1. The van der Waals surface area contributed by atoms with E-state index in [2.05, 4.69) is 10.6 Å². The number of nitrogens with one attached hydrogen (secondary N) is 2. The number of piperidine rings is 1. The Bertz CT molecular complexity index is 258. The normalized spacial score (nSPS) is 35.8. The van der Waals surface area contributed by atoms with Gasteiger partial charge in [-0.3, -0.25) is 4.79 Å². The Kier molecular flexibility index (Phi) is 2.19. The second kappa shape index (κ2) is 3.35. The maximum Gasteiger partial charge on any atom is 0.238 e. The Balaban J connectivity index is 1.88. The van der Waals surface area contributed by atoms with Crippen molar-refractivity contribution in [2.45, 2.75) is 31.3 Å². The second-order valence-corrected chi connectivity index (χ2v) is 3.79. The van der Waals surface area contributed by atoms with Gasteiger partial charge in [-0.25, -0.2) is 0 Å². The zero-order chi connectivity index (χ0) is 9.26. The van der Waals surface area contributed by atoms with Crippen LogP contribution in [-0.2, 0) is 4.79 Å². The SMILES string of the molecule is N#CCNC(=O)[C@H]1NC2CCC1C2. The first-order valence-corrected chi connectivity index (χ1v) is 4.72. The summed E-state index contributed by atoms with van der Waals surface area (Å²) in [5, 5.41) is 14.2. The van der Waals surface area contributed by atoms with E-state index in [4.69, 9.17) is 5.26 Å². The number of fused-ring (bicyclic) bond motifs is 2. The minimum absolute atomic E-state index is 0.00579. The molecule has 1 aliphatic carbocycles. The van der Waals surface area contributed by atoms with Crippen molar-refractivity contribution in [3.63, 3.8) is 0 Å². The molecule has 2 fully saturated rings. The van der Waals surface area contributed by atoms with Crippen LogP contribution in [0.4, 0.5) is 0 Å². The van der Waals surface area contributed by atoms with Gasteiger partial charge in [-0.1, -0.05) is 0 Å². The molecule has 4 nitrogen and oxygen atoms in total. The Morgan fingerprint density at radius 2 is 2.46 bits per heavy atom. The molecule has 2 aliphatic rings. The summed E-state index contributed by atoms with van der Waals surface area (Å²) in [5.74, 6) is 0.498. The Labute approximate surface area is 77.3 Å². The van der Waals surface area contributed by atoms with E-state index in [1.165, 1.54) is 6.42 Å². The van der Waals surface area contributed by atoms with Crippen LogP contribution in [0.1, 0.15) is 19.3 Å². The van der Waals surface area contributed by atoms with Gasteiger partial charge in [-0.2, -0.15) is 5.26 Å². The van der Waals surface area contributed by atoms with Crippen molar-refractivity contribution in [2.24, 2.45) is 5.92 Å². The molecule has 0 aromatic rings. The van der Waals surface area contributed by atoms with Gasteiger partial charge in [-0.15, -0.1) is 0 Å². The van der Waals surface area contributed by atoms with Gasteiger partial charge >= 0.3 is 0 Å². The van der Waals surface area contributed by atoms with E-state index < -0.39 is 0 Å². The zero-order valence-electron chi connectivity index (χ0n) is 7.42. The fourth-order valence-electron chi connectivity index (χ4n) is 2.39. The van der Waals surface area contributed by atoms with Crippen molar-refractivity contribution in [2.75, 3.05) is 6.54 Å². The maximum atomic E-state index is 11.5. The fraction of sp³-hybridized carbons (Fsp3) is 0.778. The summed E-state index contributed by atoms with van der Waals surface area (Å²) in [5.41, 5.74) is 0. The van der Waals surface area contributed by atoms with Crippen LogP contribution >= 0.6 is 0 Å². The molecule has 1 aliphatic heterocycles. The first kappa shape index (κ1) is 8.52. The molecule has 2 rings (SSSR count). The smallest absolute Gasteiger partial charge is 0.238 e. The third-order valence-electron chi connectivity index (χ3n) is 2.98. The van der Waals surface area contributed by atoms with Crippen molar-refractivity contribution in [1.29, 1.82) is 5.26 Å². The van der Waals surface area contributed by atoms with Crippen LogP contribution in [-0.4, -0.2) is 24.5 Å². The number of amides is 1. The summed E-state index contributed by atoms with van der Waals surface area (Å²) in [7, 11) is 0. The summed E-state index contributed by atoms with van der Waals surface area (Å²) in [6.07, 6.45) is 3.49. The molecule has 0 aromatic carbocycles. The van der Waals surface area contributed by atoms with E-state index in [9.17, 15) is 4.79 Å². The molecule has 1 saturated heterocycles. The molecule has 0 radical (unpaired) electrons. The van der Waals surface area contributed by atoms with Crippen molar-refractivity contribution in [3.05, 3.63) is 0 Å². The largest absolute Gasteiger partial charge is 0.342 e. The van der Waals surface area contributed by atoms with Crippen LogP contribution in [0.5, 0.6) is 0 Å². The predicted octanol–water partition coefficient (Wildman–Crippen LogP) is -0.233. The van der Waals surface area contributed by atoms with Gasteiger partial charge < -0.3 is 10.6 Å². The molecule has 1 heterocycles. The average Bonchev–Trinajstić information content (AvgIpc) is 2.74. The van der Waals surface area contributed by atoms with Gasteiger partial charge in [0.2, 0.25) is 5.91 Å². The van der Waals surface area contributed by atoms with Gasteiger partial charge in [-0.05, 0) is 25.2 Å². The summed E-state index contributed by atoms with van der Waals surface area (Å²) >= 11 is 0. The molecule has 1 amide bonds. The molecule has 2 unspecified atom stereocenters. The highest BCUT2D eigenvalue weighted by atomic mass is 16.2. The number of carbonyl (C=O) groups is 1. The summed E-state index contributed by atoms with van der Waals surface area (Å²) in [6.45, 7) is 0.119. The number of nitrogens with zero attached hydrogens (tertiary/aromatic N) is 1. The van der Waals surface area contributed by atoms with Crippen molar-refractivity contribution in [1.82, 2.24) is 10.6 Å². The minimum atomic E-state index is -0.0351. The topological polar surface area (TPSA) is 64.9 Å². The molecule has 1 saturated carbocycles. The lowest BCUT2D eigenvalue weighted by Crippen LogP contribution is -2.47. The summed E-state index contributed by atoms with van der Waals surface area (Å²) in [4.78, 5) is 11.5. The van der Waals surface area contributed by atoms with Crippen LogP contribution in [0, 0.1) is 17.2 Å². The van der Waals surface area contributed by atoms with Crippen molar-refractivity contribution in [3.8, 4) is 6.07 Å². The van der Waals surface area contributed by atoms with Crippen LogP contribution in [0.2, 0.25) is 0 Å². The minimum Gasteiger partial charge on any atom is -0.342 e. The van der Waals surface area contributed by atoms with Crippen LogP contribution in [0.15, 0.2) is 0 Å². The average molecular weight is 179 g/mol. The van der Waals surface area contributed by atoms with Crippen molar-refractivity contribution < 1.29 is 4.79 Å². The molecule has 13 heavy (non-hydrogen) atoms. The highest BCUT2D eigenvalue weighted by Crippen LogP contribution is 2.35. The Hall–Kier alpha value is -1.08. The van der Waals surface area contributed by atoms with Crippen LogP contribution in [0.25, 0.3) is 0 Å². The Morgan fingerprint density at radius 3 is 3.00 bits per heavy atom. The highest BCUT2D eigenvalue weighted by molar-refractivity contribution is 5.82. The first-order chi connectivity index (χ1) is 6.31. The summed E-state index contributed by atoms with van der Waals surface area (Å²) in [6, 6.07) is 2.42. The lowest BCUT2D eigenvalue weighted by molar-refractivity contribution is -0.123. The third kappa shape index (κ3) is 1.52. The number of hydrogen-bond donors (Lipinski definition) is 2. The van der Waals surface area contributed by atoms with Gasteiger partial charge in [0.1, 0.15) is 6.54 Å². The molecule has 2 bridgehead atoms. The summed E-state index contributed by atoms with van der Waals surface area (Å²) < 4.78 is 0. The quantitative estimate of drug-likeness (QED) is 0.575. The highest BCUT2D eigenvalue weighted by Gasteiger charge is 2.42. The first-order valence-electron chi connectivity index (χ1n) is 4.72. The van der Waals surface area contributed by atoms with Gasteiger partial charge in [0.05, 0.1) is 12.1 Å². The van der Waals surface area contributed by atoms with Crippen molar-refractivity contribution >= 4 is 5.91 Å². The van der Waals surface area contributed by atoms with Crippen LogP contribution < -0.4 is 10.6 Å².